The van der Waals surface area contributed by atoms with Crippen LogP contribution in [0, 0.1) is 0 Å². The minimum Gasteiger partial charge on any atom is -0.497 e. The van der Waals surface area contributed by atoms with Crippen LogP contribution in [0.3, 0.4) is 0 Å². The third-order valence-corrected chi connectivity index (χ3v) is 4.01. The van der Waals surface area contributed by atoms with Crippen LogP contribution >= 0.6 is 27.5 Å². The van der Waals surface area contributed by atoms with Crippen molar-refractivity contribution in [1.82, 2.24) is 5.32 Å². The van der Waals surface area contributed by atoms with E-state index in [1.807, 2.05) is 24.3 Å². The molecule has 0 aromatic heterocycles. The number of carbonyl (C=O) groups excluding carboxylic acids is 1. The summed E-state index contributed by atoms with van der Waals surface area (Å²) in [6.07, 6.45) is 0. The van der Waals surface area contributed by atoms with E-state index in [0.717, 1.165) is 11.3 Å². The number of amides is 1. The quantitative estimate of drug-likeness (QED) is 0.900. The summed E-state index contributed by atoms with van der Waals surface area (Å²) in [5.41, 5.74) is 1.57. The Balaban J connectivity index is 1.98. The van der Waals surface area contributed by atoms with Gasteiger partial charge < -0.3 is 10.1 Å². The third-order valence-electron chi connectivity index (χ3n) is 2.79. The van der Waals surface area contributed by atoms with Gasteiger partial charge in [0, 0.05) is 16.6 Å². The number of carbonyl (C=O) groups is 1. The normalized spacial score (nSPS) is 10.2. The van der Waals surface area contributed by atoms with E-state index in [1.165, 1.54) is 0 Å². The van der Waals surface area contributed by atoms with Crippen LogP contribution in [0.2, 0.25) is 5.02 Å². The van der Waals surface area contributed by atoms with E-state index in [9.17, 15) is 4.79 Å². The lowest BCUT2D eigenvalue weighted by Gasteiger charge is -2.07. The summed E-state index contributed by atoms with van der Waals surface area (Å²) in [5.74, 6) is 0.653. The maximum Gasteiger partial charge on any atom is 0.251 e. The number of halogens is 2. The Bertz CT molecular complexity index is 614. The summed E-state index contributed by atoms with van der Waals surface area (Å²) < 4.78 is 5.79. The van der Waals surface area contributed by atoms with E-state index in [1.54, 1.807) is 25.3 Å². The van der Waals surface area contributed by atoms with E-state index in [-0.39, 0.29) is 5.91 Å². The first-order valence-corrected chi connectivity index (χ1v) is 7.13. The van der Waals surface area contributed by atoms with Crippen LogP contribution < -0.4 is 10.1 Å². The van der Waals surface area contributed by atoms with E-state index >= 15 is 0 Å². The highest BCUT2D eigenvalue weighted by molar-refractivity contribution is 9.10. The fourth-order valence-electron chi connectivity index (χ4n) is 1.67. The second-order valence-electron chi connectivity index (χ2n) is 4.16. The van der Waals surface area contributed by atoms with E-state index in [4.69, 9.17) is 16.3 Å². The molecule has 0 spiro atoms. The molecular formula is C15H13BrClNO2. The van der Waals surface area contributed by atoms with Gasteiger partial charge in [-0.1, -0.05) is 23.7 Å². The van der Waals surface area contributed by atoms with Crippen molar-refractivity contribution in [2.75, 3.05) is 7.11 Å². The van der Waals surface area contributed by atoms with Crippen LogP contribution in [0.5, 0.6) is 5.75 Å². The molecule has 2 aromatic rings. The predicted molar refractivity (Wildman–Crippen MR) is 83.3 cm³/mol. The number of nitrogens with one attached hydrogen (secondary N) is 1. The van der Waals surface area contributed by atoms with Crippen LogP contribution in [0.4, 0.5) is 0 Å². The smallest absolute Gasteiger partial charge is 0.251 e. The Kier molecular flexibility index (Phi) is 5.04. The number of benzene rings is 2. The molecular weight excluding hydrogens is 342 g/mol. The molecule has 0 aliphatic heterocycles. The van der Waals surface area contributed by atoms with Gasteiger partial charge in [-0.15, -0.1) is 0 Å². The molecule has 20 heavy (non-hydrogen) atoms. The van der Waals surface area contributed by atoms with Crippen molar-refractivity contribution in [2.45, 2.75) is 6.54 Å². The van der Waals surface area contributed by atoms with E-state index < -0.39 is 0 Å². The summed E-state index contributed by atoms with van der Waals surface area (Å²) >= 11 is 9.20. The standard InChI is InChI=1S/C15H13BrClNO2/c1-20-12-5-2-10(3-6-12)9-18-15(19)11-4-7-14(17)13(16)8-11/h2-8H,9H2,1H3,(H,18,19). The average Bonchev–Trinajstić information content (AvgIpc) is 2.48. The molecule has 0 aliphatic rings. The molecule has 0 aliphatic carbocycles. The van der Waals surface area contributed by atoms with Gasteiger partial charge >= 0.3 is 0 Å². The fourth-order valence-corrected chi connectivity index (χ4v) is 2.16. The molecule has 1 N–H and O–H groups in total. The van der Waals surface area contributed by atoms with Crippen molar-refractivity contribution in [3.63, 3.8) is 0 Å². The van der Waals surface area contributed by atoms with Gasteiger partial charge in [-0.05, 0) is 51.8 Å². The van der Waals surface area contributed by atoms with Crippen LogP contribution in [-0.4, -0.2) is 13.0 Å². The predicted octanol–water partition coefficient (Wildman–Crippen LogP) is 4.04. The Hall–Kier alpha value is -1.52. The Morgan fingerprint density at radius 3 is 2.55 bits per heavy atom. The number of hydrogen-bond acceptors (Lipinski definition) is 2. The lowest BCUT2D eigenvalue weighted by molar-refractivity contribution is 0.0951. The topological polar surface area (TPSA) is 38.3 Å². The van der Waals surface area contributed by atoms with Crippen LogP contribution in [0.25, 0.3) is 0 Å². The summed E-state index contributed by atoms with van der Waals surface area (Å²) in [5, 5.41) is 3.44. The van der Waals surface area contributed by atoms with Crippen molar-refractivity contribution >= 4 is 33.4 Å². The molecule has 5 heteroatoms. The Labute approximate surface area is 131 Å². The number of rotatable bonds is 4. The van der Waals surface area contributed by atoms with Gasteiger partial charge in [-0.3, -0.25) is 4.79 Å². The maximum atomic E-state index is 12.0. The van der Waals surface area contributed by atoms with Gasteiger partial charge in [0.25, 0.3) is 5.91 Å². The summed E-state index contributed by atoms with van der Waals surface area (Å²) in [6, 6.07) is 12.6. The molecule has 0 heterocycles. The summed E-state index contributed by atoms with van der Waals surface area (Å²) in [6.45, 7) is 0.461. The summed E-state index contributed by atoms with van der Waals surface area (Å²) in [7, 11) is 1.62. The zero-order valence-corrected chi connectivity index (χ0v) is 13.2. The first-order valence-electron chi connectivity index (χ1n) is 5.96. The Morgan fingerprint density at radius 2 is 1.95 bits per heavy atom. The van der Waals surface area contributed by atoms with Gasteiger partial charge in [0.15, 0.2) is 0 Å². The second kappa shape index (κ2) is 6.77. The van der Waals surface area contributed by atoms with Crippen molar-refractivity contribution in [3.8, 4) is 5.75 Å². The van der Waals surface area contributed by atoms with Gasteiger partial charge in [0.2, 0.25) is 0 Å². The second-order valence-corrected chi connectivity index (χ2v) is 5.42. The molecule has 0 saturated heterocycles. The molecule has 1 amide bonds. The van der Waals surface area contributed by atoms with Crippen molar-refractivity contribution < 1.29 is 9.53 Å². The van der Waals surface area contributed by atoms with Gasteiger partial charge in [-0.25, -0.2) is 0 Å². The first kappa shape index (κ1) is 14.9. The zero-order valence-electron chi connectivity index (χ0n) is 10.8. The molecule has 0 bridgehead atoms. The van der Waals surface area contributed by atoms with Crippen LogP contribution in [0.15, 0.2) is 46.9 Å². The lowest BCUT2D eigenvalue weighted by atomic mass is 10.2. The molecule has 2 aromatic carbocycles. The zero-order chi connectivity index (χ0) is 14.5. The summed E-state index contributed by atoms with van der Waals surface area (Å²) in [4.78, 5) is 12.0. The number of ether oxygens (including phenoxy) is 1. The van der Waals surface area contributed by atoms with Gasteiger partial charge in [-0.2, -0.15) is 0 Å². The highest BCUT2D eigenvalue weighted by Gasteiger charge is 2.07. The highest BCUT2D eigenvalue weighted by Crippen LogP contribution is 2.23. The highest BCUT2D eigenvalue weighted by atomic mass is 79.9. The molecule has 0 saturated carbocycles. The monoisotopic (exact) mass is 353 g/mol. The van der Waals surface area contributed by atoms with Crippen molar-refractivity contribution in [2.24, 2.45) is 0 Å². The van der Waals surface area contributed by atoms with E-state index in [2.05, 4.69) is 21.2 Å². The van der Waals surface area contributed by atoms with E-state index in [0.29, 0.717) is 21.6 Å². The average molecular weight is 355 g/mol. The first-order chi connectivity index (χ1) is 9.60. The molecule has 0 fully saturated rings. The molecule has 3 nitrogen and oxygen atoms in total. The van der Waals surface area contributed by atoms with Crippen LogP contribution in [-0.2, 0) is 6.54 Å². The largest absolute Gasteiger partial charge is 0.497 e. The molecule has 0 atom stereocenters. The number of methoxy groups -OCH3 is 1. The lowest BCUT2D eigenvalue weighted by Crippen LogP contribution is -2.22. The van der Waals surface area contributed by atoms with Gasteiger partial charge in [0.05, 0.1) is 12.1 Å². The van der Waals surface area contributed by atoms with Crippen LogP contribution in [0.1, 0.15) is 15.9 Å². The van der Waals surface area contributed by atoms with Gasteiger partial charge in [0.1, 0.15) is 5.75 Å². The molecule has 0 unspecified atom stereocenters. The molecule has 0 radical (unpaired) electrons. The third kappa shape index (κ3) is 3.74. The minimum absolute atomic E-state index is 0.141. The number of hydrogen-bond donors (Lipinski definition) is 1. The Morgan fingerprint density at radius 1 is 1.25 bits per heavy atom. The van der Waals surface area contributed by atoms with Crippen molar-refractivity contribution in [3.05, 3.63) is 63.1 Å². The minimum atomic E-state index is -0.141. The van der Waals surface area contributed by atoms with Crippen molar-refractivity contribution in [1.29, 1.82) is 0 Å². The fraction of sp³-hybridized carbons (Fsp3) is 0.133. The molecule has 2 rings (SSSR count). The maximum absolute atomic E-state index is 12.0. The molecule has 104 valence electrons. The SMILES string of the molecule is COc1ccc(CNC(=O)c2ccc(Cl)c(Br)c2)cc1.